The van der Waals surface area contributed by atoms with Gasteiger partial charge >= 0.3 is 22.8 Å². The van der Waals surface area contributed by atoms with Crippen molar-refractivity contribution >= 4 is 68.1 Å². The lowest BCUT2D eigenvalue weighted by Gasteiger charge is -2.48. The molecule has 34 heteroatoms. The molecular formula is C101H105F6N15O13. The summed E-state index contributed by atoms with van der Waals surface area (Å²) >= 11 is 0. The number of nitrogens with zero attached hydrogens (tertiary/aromatic N) is 15. The molecule has 12 aromatic rings. The Balaban J connectivity index is 0.000000147. The van der Waals surface area contributed by atoms with Crippen molar-refractivity contribution < 1.29 is 73.9 Å². The van der Waals surface area contributed by atoms with Gasteiger partial charge in [-0.3, -0.25) is 52.6 Å². The van der Waals surface area contributed by atoms with Gasteiger partial charge in [-0.1, -0.05) is 72.9 Å². The van der Waals surface area contributed by atoms with Gasteiger partial charge in [0.15, 0.2) is 34.4 Å². The zero-order valence-electron chi connectivity index (χ0n) is 78.3. The Bertz CT molecular complexity index is 6770. The van der Waals surface area contributed by atoms with Crippen molar-refractivity contribution in [2.45, 2.75) is 163 Å². The topological polar surface area (TPSA) is 279 Å². The number of hydrogen-bond acceptors (Lipinski definition) is 22. The van der Waals surface area contributed by atoms with Crippen LogP contribution in [0.2, 0.25) is 0 Å². The smallest absolute Gasteiger partial charge is 0.410 e. The van der Waals surface area contributed by atoms with Crippen LogP contribution < -0.4 is 59.8 Å². The van der Waals surface area contributed by atoms with Gasteiger partial charge in [-0.2, -0.15) is 0 Å². The van der Waals surface area contributed by atoms with Gasteiger partial charge in [-0.15, -0.1) is 0 Å². The van der Waals surface area contributed by atoms with Crippen molar-refractivity contribution in [2.24, 2.45) is 0 Å². The Hall–Kier alpha value is -14.3. The number of benzene rings is 3. The molecule has 3 aromatic carbocycles. The number of piperazine rings is 3. The SMILES string of the molecule is C=CC(=O)N1C[C@@H]2COc3c(c4cc(F)c(-c5c(F)cccc5OC)nc4n(-c4c(C)ccnc4C(C)C)c3=O)N2C[C@H]1C.C=CC(=O)N1C[C@@H]2COc3c(c4cc(F)c(-c5c(F)cccc5OC)nc4n(-c4c(C)ccnc4C(C)C)c3=O)N2C[C@H]1C.COc1cccc(F)c1-c1nc2c(cc1F)c1c(c(=O)n2-c2c(C)ccnc2C(C)C)OC[C@H]2CN(C(=O)OC(C)(C)C)[C@H](C)CN12. The maximum Gasteiger partial charge on any atom is 0.410 e. The minimum atomic E-state index is -0.803. The van der Waals surface area contributed by atoms with Crippen LogP contribution in [0.15, 0.2) is 149 Å². The van der Waals surface area contributed by atoms with E-state index in [0.29, 0.717) is 100 Å². The first kappa shape index (κ1) is 93.9. The fourth-order valence-electron chi connectivity index (χ4n) is 19.0. The average molecular weight is 1850 g/mol. The molecule has 0 N–H and O–H groups in total. The van der Waals surface area contributed by atoms with Crippen molar-refractivity contribution in [2.75, 3.05) is 95.1 Å². The van der Waals surface area contributed by atoms with Crippen LogP contribution in [0.5, 0.6) is 34.5 Å². The van der Waals surface area contributed by atoms with E-state index in [-0.39, 0.29) is 177 Å². The van der Waals surface area contributed by atoms with Crippen LogP contribution in [0.25, 0.3) is 83.9 Å². The summed E-state index contributed by atoms with van der Waals surface area (Å²) in [7, 11) is 4.10. The number of rotatable bonds is 14. The monoisotopic (exact) mass is 1850 g/mol. The zero-order valence-corrected chi connectivity index (χ0v) is 78.3. The highest BCUT2D eigenvalue weighted by Crippen LogP contribution is 2.49. The molecule has 0 aliphatic carbocycles. The molecule has 0 radical (unpaired) electrons. The quantitative estimate of drug-likeness (QED) is 0.0722. The number of hydrogen-bond donors (Lipinski definition) is 0. The van der Waals surface area contributed by atoms with E-state index in [1.807, 2.05) is 119 Å². The summed E-state index contributed by atoms with van der Waals surface area (Å²) in [6.07, 6.45) is 7.13. The molecule has 135 heavy (non-hydrogen) atoms. The molecule has 0 bridgehead atoms. The number of carbonyl (C=O) groups is 3. The van der Waals surface area contributed by atoms with E-state index in [1.165, 1.54) is 120 Å². The number of methoxy groups -OCH3 is 3. The van der Waals surface area contributed by atoms with Crippen molar-refractivity contribution in [3.63, 3.8) is 0 Å². The fourth-order valence-corrected chi connectivity index (χ4v) is 19.0. The van der Waals surface area contributed by atoms with Crippen molar-refractivity contribution in [1.82, 2.24) is 58.3 Å². The maximum atomic E-state index is 16.3. The molecule has 9 aromatic heterocycles. The van der Waals surface area contributed by atoms with E-state index in [1.54, 1.807) is 51.5 Å². The predicted molar refractivity (Wildman–Crippen MR) is 503 cm³/mol. The highest BCUT2D eigenvalue weighted by atomic mass is 19.1. The lowest BCUT2D eigenvalue weighted by molar-refractivity contribution is -0.130. The lowest BCUT2D eigenvalue weighted by Crippen LogP contribution is -2.62. The second-order valence-electron chi connectivity index (χ2n) is 36.4. The Morgan fingerprint density at radius 1 is 0.422 bits per heavy atom. The largest absolute Gasteiger partial charge is 0.496 e. The molecule has 3 amide bonds. The van der Waals surface area contributed by atoms with Crippen LogP contribution in [-0.2, 0) is 14.3 Å². The molecule has 6 aliphatic rings. The molecular weight excluding hydrogens is 1750 g/mol. The van der Waals surface area contributed by atoms with Crippen molar-refractivity contribution in [1.29, 1.82) is 0 Å². The van der Waals surface area contributed by atoms with Gasteiger partial charge in [-0.05, 0) is 182 Å². The predicted octanol–water partition coefficient (Wildman–Crippen LogP) is 16.7. The molecule has 6 atom stereocenters. The number of carbonyl (C=O) groups excluding carboxylic acids is 3. The second-order valence-corrected chi connectivity index (χ2v) is 36.4. The molecule has 18 rings (SSSR count). The minimum Gasteiger partial charge on any atom is -0.496 e. The van der Waals surface area contributed by atoms with Crippen molar-refractivity contribution in [3.05, 3.63) is 235 Å². The lowest BCUT2D eigenvalue weighted by atomic mass is 10.0. The first-order valence-corrected chi connectivity index (χ1v) is 44.6. The first-order valence-electron chi connectivity index (χ1n) is 44.6. The van der Waals surface area contributed by atoms with E-state index in [2.05, 4.69) is 28.1 Å². The van der Waals surface area contributed by atoms with Crippen LogP contribution in [0, 0.1) is 55.7 Å². The van der Waals surface area contributed by atoms with Gasteiger partial charge < -0.3 is 62.6 Å². The van der Waals surface area contributed by atoms with Gasteiger partial charge in [0.2, 0.25) is 29.1 Å². The second kappa shape index (κ2) is 36.9. The van der Waals surface area contributed by atoms with E-state index in [0.717, 1.165) is 16.7 Å². The van der Waals surface area contributed by atoms with Gasteiger partial charge in [-0.25, -0.2) is 46.1 Å². The molecule has 28 nitrogen and oxygen atoms in total. The molecule has 6 aliphatic heterocycles. The van der Waals surface area contributed by atoms with Crippen LogP contribution in [-0.4, -0.2) is 198 Å². The highest BCUT2D eigenvalue weighted by Gasteiger charge is 2.47. The van der Waals surface area contributed by atoms with Gasteiger partial charge in [0.1, 0.15) is 77.2 Å². The fraction of sp³-hybridized carbons (Fsp3) is 0.366. The third-order valence-electron chi connectivity index (χ3n) is 25.4. The van der Waals surface area contributed by atoms with Gasteiger partial charge in [0.05, 0.1) is 107 Å². The molecule has 3 saturated heterocycles. The molecule has 3 fully saturated rings. The summed E-state index contributed by atoms with van der Waals surface area (Å²) in [5.74, 6) is -4.74. The molecule has 0 unspecified atom stereocenters. The number of aromatic nitrogens is 9. The number of aryl methyl sites for hydroxylation is 3. The highest BCUT2D eigenvalue weighted by molar-refractivity contribution is 6.00. The number of fused-ring (bicyclic) bond motifs is 15. The van der Waals surface area contributed by atoms with Crippen molar-refractivity contribution in [3.8, 4) is 85.3 Å². The Kier molecular flexibility index (Phi) is 25.7. The number of pyridine rings is 9. The molecule has 704 valence electrons. The number of ether oxygens (including phenoxy) is 7. The van der Waals surface area contributed by atoms with E-state index in [9.17, 15) is 28.8 Å². The number of anilines is 3. The summed E-state index contributed by atoms with van der Waals surface area (Å²) in [4.78, 5) is 121. The molecule has 0 saturated carbocycles. The Morgan fingerprint density at radius 2 is 0.704 bits per heavy atom. The third kappa shape index (κ3) is 16.6. The summed E-state index contributed by atoms with van der Waals surface area (Å²) < 4.78 is 139. The van der Waals surface area contributed by atoms with Gasteiger partial charge in [0.25, 0.3) is 0 Å². The standard InChI is InChI=1S/C35H39F2N5O5.2C33H33F2N5O4/c1-18(2)27-29(19(3)12-13-38-27)42-32-22(14-24(37)28(39-32)26-23(36)10-9-11-25(26)45-8)30-31(33(42)43)46-17-21-16-40(20(4)15-41(21)30)34(44)47-35(5,6)7;2*1-7-25(41)38-15-20-16-44-31-30(39(20)14-19(38)5)21-13-23(35)28(26-22(34)9-8-10-24(26)43-6)37-32(21)40(33(31)42)29-18(4)11-12-36-27(29)17(2)3/h9-14,18,20-21H,15-17H2,1-8H3;2*7-13,17,19-20H,1,14-16H2,2-6H3/t20-,21-;2*19-,20-/m111/s1. The van der Waals surface area contributed by atoms with E-state index in [4.69, 9.17) is 48.1 Å². The number of halogens is 6. The molecule has 15 heterocycles. The Labute approximate surface area is 775 Å². The number of amides is 3. The summed E-state index contributed by atoms with van der Waals surface area (Å²) in [6, 6.07) is 20.0. The summed E-state index contributed by atoms with van der Waals surface area (Å²) in [5.41, 5.74) is 3.66. The molecule has 0 spiro atoms. The average Bonchev–Trinajstić information content (AvgIpc) is 0.720. The normalized spacial score (nSPS) is 17.7. The summed E-state index contributed by atoms with van der Waals surface area (Å²) in [5, 5.41) is 0.931. The van der Waals surface area contributed by atoms with E-state index >= 15 is 26.3 Å². The van der Waals surface area contributed by atoms with Crippen LogP contribution in [0.3, 0.4) is 0 Å². The Morgan fingerprint density at radius 3 is 0.970 bits per heavy atom. The maximum absolute atomic E-state index is 16.3. The van der Waals surface area contributed by atoms with E-state index < -0.39 is 63.3 Å². The van der Waals surface area contributed by atoms with Crippen LogP contribution >= 0.6 is 0 Å². The third-order valence-corrected chi connectivity index (χ3v) is 25.4. The van der Waals surface area contributed by atoms with Crippen LogP contribution in [0.1, 0.15) is 135 Å². The van der Waals surface area contributed by atoms with Gasteiger partial charge in [0, 0.05) is 92.1 Å². The zero-order chi connectivity index (χ0) is 96.8. The first-order chi connectivity index (χ1) is 64.3. The van der Waals surface area contributed by atoms with Crippen LogP contribution in [0.4, 0.5) is 48.2 Å². The summed E-state index contributed by atoms with van der Waals surface area (Å²) in [6.45, 7) is 38.1. The minimum absolute atomic E-state index is 0.0436.